The lowest BCUT2D eigenvalue weighted by molar-refractivity contribution is 0.118. The van der Waals surface area contributed by atoms with E-state index in [1.54, 1.807) is 30.3 Å². The van der Waals surface area contributed by atoms with Gasteiger partial charge in [-0.05, 0) is 23.3 Å². The van der Waals surface area contributed by atoms with Crippen LogP contribution in [0.1, 0.15) is 11.1 Å². The molecule has 9 heteroatoms. The Morgan fingerprint density at radius 3 is 2.33 bits per heavy atom. The molecule has 2 rings (SSSR count). The van der Waals surface area contributed by atoms with Crippen LogP contribution in [0.3, 0.4) is 0 Å². The van der Waals surface area contributed by atoms with Gasteiger partial charge in [-0.3, -0.25) is 0 Å². The minimum atomic E-state index is -4.54. The van der Waals surface area contributed by atoms with Crippen LogP contribution >= 0.6 is 0 Å². The van der Waals surface area contributed by atoms with Crippen molar-refractivity contribution < 1.29 is 22.3 Å². The first-order chi connectivity index (χ1) is 12.9. The van der Waals surface area contributed by atoms with E-state index in [4.69, 9.17) is 15.7 Å². The number of rotatable bonds is 6. The number of nitrogens with zero attached hydrogens (tertiary/aromatic N) is 2. The number of halogens is 1. The number of hydrogen-bond acceptors (Lipinski definition) is 6. The Balaban J connectivity index is 2.29. The predicted octanol–water partition coefficient (Wildman–Crippen LogP) is 2.62. The van der Waals surface area contributed by atoms with E-state index in [0.29, 0.717) is 21.6 Å². The number of allylic oxidation sites excluding steroid dienone is 1. The molecular weight excluding hydrogens is 373 g/mol. The summed E-state index contributed by atoms with van der Waals surface area (Å²) in [7, 11) is -4.54. The molecule has 1 amide bonds. The molecule has 2 aromatic carbocycles. The second kappa shape index (κ2) is 8.82. The van der Waals surface area contributed by atoms with Crippen molar-refractivity contribution >= 4 is 16.1 Å². The van der Waals surface area contributed by atoms with Gasteiger partial charge in [-0.25, -0.2) is 17.6 Å². The molecule has 0 saturated carbocycles. The zero-order chi connectivity index (χ0) is 19.9. The second-order valence-electron chi connectivity index (χ2n) is 5.32. The fraction of sp³-hybridized carbons (Fsp3) is 0.111. The van der Waals surface area contributed by atoms with Crippen LogP contribution in [0.15, 0.2) is 65.7 Å². The summed E-state index contributed by atoms with van der Waals surface area (Å²) in [6, 6.07) is 15.0. The Morgan fingerprint density at radius 1 is 1.15 bits per heavy atom. The molecule has 0 heterocycles. The summed E-state index contributed by atoms with van der Waals surface area (Å²) in [6.07, 6.45) is -0.588. The Hall–Kier alpha value is -3.38. The lowest BCUT2D eigenvalue weighted by Crippen LogP contribution is -2.37. The molecular formula is C18H16FN3O4S. The van der Waals surface area contributed by atoms with E-state index < -0.39 is 33.4 Å². The molecule has 0 unspecified atom stereocenters. The average Bonchev–Trinajstić information content (AvgIpc) is 2.67. The molecule has 0 radical (unpaired) electrons. The van der Waals surface area contributed by atoms with E-state index in [-0.39, 0.29) is 6.61 Å². The van der Waals surface area contributed by atoms with E-state index in [0.717, 1.165) is 12.1 Å². The van der Waals surface area contributed by atoms with Gasteiger partial charge in [0.15, 0.2) is 4.91 Å². The summed E-state index contributed by atoms with van der Waals surface area (Å²) in [5.41, 5.74) is 6.17. The van der Waals surface area contributed by atoms with Crippen LogP contribution in [0.25, 0.3) is 0 Å². The van der Waals surface area contributed by atoms with E-state index >= 15 is 0 Å². The number of sulfonamides is 1. The molecule has 2 N–H and O–H groups in total. The highest BCUT2D eigenvalue weighted by molar-refractivity contribution is 7.93. The normalized spacial score (nSPS) is 11.5. The zero-order valence-electron chi connectivity index (χ0n) is 14.1. The molecule has 0 atom stereocenters. The third-order valence-corrected chi connectivity index (χ3v) is 5.12. The maximum atomic E-state index is 13.1. The van der Waals surface area contributed by atoms with Crippen LogP contribution in [0.2, 0.25) is 0 Å². The largest absolute Gasteiger partial charge is 0.444 e. The topological polar surface area (TPSA) is 113 Å². The molecule has 2 aromatic rings. The highest BCUT2D eigenvalue weighted by Crippen LogP contribution is 2.18. The quantitative estimate of drug-likeness (QED) is 0.760. The lowest BCUT2D eigenvalue weighted by atomic mass is 10.2. The van der Waals surface area contributed by atoms with Crippen molar-refractivity contribution in [2.45, 2.75) is 13.2 Å². The standard InChI is InChI=1S/C18H16FN3O4S/c19-16-8-6-14(7-9-16)12-22(27(24,25)17(10-20)11-21)18(23)26-13-15-4-2-1-3-5-15/h1-10H,12-13,20H2/b17-10+. The first kappa shape index (κ1) is 19.9. The van der Waals surface area contributed by atoms with Crippen molar-refractivity contribution in [2.24, 2.45) is 5.73 Å². The molecule has 0 aromatic heterocycles. The van der Waals surface area contributed by atoms with Gasteiger partial charge in [0.1, 0.15) is 18.5 Å². The monoisotopic (exact) mass is 389 g/mol. The van der Waals surface area contributed by atoms with E-state index in [2.05, 4.69) is 0 Å². The van der Waals surface area contributed by atoms with Crippen molar-refractivity contribution in [3.05, 3.63) is 82.6 Å². The second-order valence-corrected chi connectivity index (χ2v) is 7.15. The summed E-state index contributed by atoms with van der Waals surface area (Å²) in [4.78, 5) is 11.6. The van der Waals surface area contributed by atoms with Crippen molar-refractivity contribution in [3.63, 3.8) is 0 Å². The summed E-state index contributed by atoms with van der Waals surface area (Å²) in [5, 5.41) is 9.00. The van der Waals surface area contributed by atoms with Crippen LogP contribution in [-0.4, -0.2) is 18.8 Å². The predicted molar refractivity (Wildman–Crippen MR) is 95.4 cm³/mol. The van der Waals surface area contributed by atoms with Crippen LogP contribution in [0, 0.1) is 17.1 Å². The van der Waals surface area contributed by atoms with Gasteiger partial charge in [0.2, 0.25) is 0 Å². The van der Waals surface area contributed by atoms with Crippen molar-refractivity contribution in [1.82, 2.24) is 4.31 Å². The molecule has 0 aliphatic rings. The van der Waals surface area contributed by atoms with Gasteiger partial charge in [0, 0.05) is 6.20 Å². The van der Waals surface area contributed by atoms with Crippen LogP contribution in [-0.2, 0) is 27.9 Å². The Morgan fingerprint density at radius 2 is 1.78 bits per heavy atom. The highest BCUT2D eigenvalue weighted by Gasteiger charge is 2.33. The SMILES string of the molecule is N#C/C(=C\N)S(=O)(=O)N(Cc1ccc(F)cc1)C(=O)OCc1ccccc1. The first-order valence-electron chi connectivity index (χ1n) is 7.68. The molecule has 0 fully saturated rings. The van der Waals surface area contributed by atoms with Gasteiger partial charge >= 0.3 is 6.09 Å². The fourth-order valence-electron chi connectivity index (χ4n) is 2.09. The molecule has 7 nitrogen and oxygen atoms in total. The van der Waals surface area contributed by atoms with Crippen LogP contribution in [0.5, 0.6) is 0 Å². The fourth-order valence-corrected chi connectivity index (χ4v) is 3.19. The summed E-state index contributed by atoms with van der Waals surface area (Å²) < 4.78 is 43.7. The Bertz CT molecular complexity index is 968. The first-order valence-corrected chi connectivity index (χ1v) is 9.12. The average molecular weight is 389 g/mol. The van der Waals surface area contributed by atoms with Gasteiger partial charge in [-0.1, -0.05) is 42.5 Å². The lowest BCUT2D eigenvalue weighted by Gasteiger charge is -2.21. The molecule has 140 valence electrons. The van der Waals surface area contributed by atoms with E-state index in [1.165, 1.54) is 18.2 Å². The van der Waals surface area contributed by atoms with Crippen molar-refractivity contribution in [2.75, 3.05) is 0 Å². The Labute approximate surface area is 156 Å². The van der Waals surface area contributed by atoms with Crippen molar-refractivity contribution in [1.29, 1.82) is 5.26 Å². The molecule has 0 aliphatic heterocycles. The number of nitriles is 1. The Kier molecular flexibility index (Phi) is 6.51. The van der Waals surface area contributed by atoms with Crippen LogP contribution < -0.4 is 5.73 Å². The van der Waals surface area contributed by atoms with Crippen LogP contribution in [0.4, 0.5) is 9.18 Å². The molecule has 0 bridgehead atoms. The maximum absolute atomic E-state index is 13.1. The van der Waals surface area contributed by atoms with E-state index in [1.807, 2.05) is 0 Å². The van der Waals surface area contributed by atoms with Crippen molar-refractivity contribution in [3.8, 4) is 6.07 Å². The number of carbonyl (C=O) groups is 1. The minimum Gasteiger partial charge on any atom is -0.444 e. The number of nitrogens with two attached hydrogens (primary N) is 1. The molecule has 0 aliphatic carbocycles. The number of carbonyl (C=O) groups excluding carboxylic acids is 1. The van der Waals surface area contributed by atoms with Gasteiger partial charge in [0.05, 0.1) is 6.54 Å². The third kappa shape index (κ3) is 5.05. The number of amides is 1. The number of benzene rings is 2. The van der Waals surface area contributed by atoms with Gasteiger partial charge in [-0.15, -0.1) is 0 Å². The molecule has 27 heavy (non-hydrogen) atoms. The molecule has 0 spiro atoms. The smallest absolute Gasteiger partial charge is 0.424 e. The molecule has 0 saturated heterocycles. The minimum absolute atomic E-state index is 0.163. The zero-order valence-corrected chi connectivity index (χ0v) is 14.9. The van der Waals surface area contributed by atoms with Gasteiger partial charge in [-0.2, -0.15) is 9.57 Å². The van der Waals surface area contributed by atoms with E-state index in [9.17, 15) is 17.6 Å². The number of ether oxygens (including phenoxy) is 1. The maximum Gasteiger partial charge on any atom is 0.424 e. The van der Waals surface area contributed by atoms with Gasteiger partial charge < -0.3 is 10.5 Å². The van der Waals surface area contributed by atoms with Gasteiger partial charge in [0.25, 0.3) is 10.0 Å². The summed E-state index contributed by atoms with van der Waals surface area (Å²) in [6.45, 7) is -0.613. The highest BCUT2D eigenvalue weighted by atomic mass is 32.2. The third-order valence-electron chi connectivity index (χ3n) is 3.48. The summed E-state index contributed by atoms with van der Waals surface area (Å²) >= 11 is 0. The number of hydrogen-bond donors (Lipinski definition) is 1. The summed E-state index contributed by atoms with van der Waals surface area (Å²) in [5.74, 6) is -0.514.